The molecule has 3 nitrogen and oxygen atoms in total. The van der Waals surface area contributed by atoms with Crippen LogP contribution < -0.4 is 0 Å². The van der Waals surface area contributed by atoms with Crippen molar-refractivity contribution >= 4 is 18.2 Å². The summed E-state index contributed by atoms with van der Waals surface area (Å²) >= 11 is 6.35. The maximum absolute atomic E-state index is 13.0. The van der Waals surface area contributed by atoms with Crippen molar-refractivity contribution in [3.63, 3.8) is 0 Å². The molecule has 0 unspecified atom stereocenters. The van der Waals surface area contributed by atoms with Gasteiger partial charge in [-0.3, -0.25) is 9.05 Å². The second-order valence-electron chi connectivity index (χ2n) is 9.37. The van der Waals surface area contributed by atoms with Gasteiger partial charge in [-0.2, -0.15) is 0 Å². The van der Waals surface area contributed by atoms with Gasteiger partial charge in [-0.25, -0.2) is 4.57 Å². The van der Waals surface area contributed by atoms with E-state index in [0.29, 0.717) is 35.5 Å². The first-order valence-corrected chi connectivity index (χ1v) is 12.7. The fourth-order valence-electron chi connectivity index (χ4n) is 4.82. The molecule has 5 heteroatoms. The predicted molar refractivity (Wildman–Crippen MR) is 106 cm³/mol. The van der Waals surface area contributed by atoms with Crippen LogP contribution in [0.5, 0.6) is 0 Å². The van der Waals surface area contributed by atoms with Gasteiger partial charge in [0.25, 0.3) is 0 Å². The SMILES string of the molecule is CC(C)[C@@H]1CC[C@@H](C)C[C@H]1OP(=O)(Cl)O[C@@H]1C[C@H](C)CC[C@H]1C(C)C. The van der Waals surface area contributed by atoms with Crippen molar-refractivity contribution in [1.29, 1.82) is 0 Å². The highest BCUT2D eigenvalue weighted by molar-refractivity contribution is 7.81. The molecule has 2 aliphatic carbocycles. The zero-order valence-corrected chi connectivity index (χ0v) is 18.6. The van der Waals surface area contributed by atoms with Crippen molar-refractivity contribution in [2.75, 3.05) is 0 Å². The van der Waals surface area contributed by atoms with Crippen molar-refractivity contribution in [3.05, 3.63) is 0 Å². The zero-order valence-electron chi connectivity index (χ0n) is 16.9. The summed E-state index contributed by atoms with van der Waals surface area (Å²) in [7, 11) is 0. The van der Waals surface area contributed by atoms with Gasteiger partial charge >= 0.3 is 6.95 Å². The van der Waals surface area contributed by atoms with Crippen LogP contribution in [0.1, 0.15) is 80.1 Å². The first-order valence-electron chi connectivity index (χ1n) is 10.3. The van der Waals surface area contributed by atoms with Gasteiger partial charge in [0.2, 0.25) is 0 Å². The quantitative estimate of drug-likeness (QED) is 0.445. The van der Waals surface area contributed by atoms with E-state index in [1.54, 1.807) is 0 Å². The van der Waals surface area contributed by atoms with Crippen LogP contribution in [0.2, 0.25) is 0 Å². The molecule has 0 amide bonds. The van der Waals surface area contributed by atoms with Crippen LogP contribution in [0.15, 0.2) is 0 Å². The van der Waals surface area contributed by atoms with Crippen molar-refractivity contribution in [3.8, 4) is 0 Å². The number of rotatable bonds is 6. The first-order chi connectivity index (χ1) is 11.6. The molecule has 0 N–H and O–H groups in total. The Morgan fingerprint density at radius 2 is 1.16 bits per heavy atom. The molecule has 25 heavy (non-hydrogen) atoms. The van der Waals surface area contributed by atoms with E-state index < -0.39 is 6.95 Å². The second-order valence-corrected chi connectivity index (χ2v) is 11.9. The first kappa shape index (κ1) is 21.7. The lowest BCUT2D eigenvalue weighted by atomic mass is 9.75. The highest BCUT2D eigenvalue weighted by atomic mass is 35.7. The molecule has 0 heterocycles. The summed E-state index contributed by atoms with van der Waals surface area (Å²) in [5.74, 6) is 3.03. The van der Waals surface area contributed by atoms with Gasteiger partial charge in [-0.15, -0.1) is 0 Å². The summed E-state index contributed by atoms with van der Waals surface area (Å²) in [6.45, 7) is 9.78. The van der Waals surface area contributed by atoms with Crippen LogP contribution in [-0.2, 0) is 13.6 Å². The van der Waals surface area contributed by atoms with Crippen molar-refractivity contribution in [2.45, 2.75) is 92.3 Å². The molecular weight excluding hydrogens is 355 g/mol. The van der Waals surface area contributed by atoms with E-state index in [4.69, 9.17) is 20.3 Å². The molecule has 0 aromatic heterocycles. The third-order valence-corrected chi connectivity index (χ3v) is 7.97. The molecule has 2 saturated carbocycles. The number of hydrogen-bond acceptors (Lipinski definition) is 3. The van der Waals surface area contributed by atoms with Gasteiger partial charge in [0.1, 0.15) is 0 Å². The van der Waals surface area contributed by atoms with Crippen LogP contribution >= 0.6 is 18.2 Å². The minimum absolute atomic E-state index is 0.0504. The molecule has 6 atom stereocenters. The Hall–Kier alpha value is 0.440. The minimum Gasteiger partial charge on any atom is -0.293 e. The average Bonchev–Trinajstić information content (AvgIpc) is 2.45. The van der Waals surface area contributed by atoms with E-state index in [0.717, 1.165) is 25.7 Å². The summed E-state index contributed by atoms with van der Waals surface area (Å²) in [4.78, 5) is 0. The number of halogens is 1. The summed E-state index contributed by atoms with van der Waals surface area (Å²) in [5, 5.41) is 0. The van der Waals surface area contributed by atoms with Crippen molar-refractivity contribution in [1.82, 2.24) is 0 Å². The third kappa shape index (κ3) is 6.23. The molecule has 0 saturated heterocycles. The Morgan fingerprint density at radius 3 is 1.48 bits per heavy atom. The largest absolute Gasteiger partial charge is 0.424 e. The molecule has 0 aromatic carbocycles. The fourth-order valence-corrected chi connectivity index (χ4v) is 6.62. The minimum atomic E-state index is -3.56. The summed E-state index contributed by atoms with van der Waals surface area (Å²) < 4.78 is 25.0. The standard InChI is InChI=1S/C20H38ClO3P/c1-13(2)17-9-7-15(5)11-19(17)23-25(21,22)24-20-12-16(6)8-10-18(20)14(3)4/h13-20H,7-12H2,1-6H3/t15-,16-,17+,18+,19-,20-/m1/s1. The molecule has 2 rings (SSSR count). The normalized spacial score (nSPS) is 37.6. The zero-order chi connectivity index (χ0) is 18.8. The Labute approximate surface area is 159 Å². The lowest BCUT2D eigenvalue weighted by molar-refractivity contribution is 0.00210. The Kier molecular flexibility index (Phi) is 7.90. The molecular formula is C20H38ClO3P. The second kappa shape index (κ2) is 9.09. The van der Waals surface area contributed by atoms with E-state index >= 15 is 0 Å². The molecule has 148 valence electrons. The lowest BCUT2D eigenvalue weighted by Crippen LogP contribution is -2.35. The predicted octanol–water partition coefficient (Wildman–Crippen LogP) is 7.29. The van der Waals surface area contributed by atoms with Crippen LogP contribution in [0.3, 0.4) is 0 Å². The maximum atomic E-state index is 13.0. The van der Waals surface area contributed by atoms with Gasteiger partial charge in [0.05, 0.1) is 12.2 Å². The van der Waals surface area contributed by atoms with E-state index in [2.05, 4.69) is 41.5 Å². The van der Waals surface area contributed by atoms with Gasteiger partial charge in [0, 0.05) is 11.2 Å². The van der Waals surface area contributed by atoms with Gasteiger partial charge < -0.3 is 0 Å². The highest BCUT2D eigenvalue weighted by Gasteiger charge is 2.41. The van der Waals surface area contributed by atoms with Crippen LogP contribution in [0.25, 0.3) is 0 Å². The van der Waals surface area contributed by atoms with Crippen LogP contribution in [-0.4, -0.2) is 12.2 Å². The molecule has 0 spiro atoms. The summed E-state index contributed by atoms with van der Waals surface area (Å²) in [5.41, 5.74) is 0. The van der Waals surface area contributed by atoms with Gasteiger partial charge in [0.15, 0.2) is 0 Å². The monoisotopic (exact) mass is 392 g/mol. The maximum Gasteiger partial charge on any atom is 0.424 e. The number of hydrogen-bond donors (Lipinski definition) is 0. The van der Waals surface area contributed by atoms with Gasteiger partial charge in [-0.1, -0.05) is 54.4 Å². The summed E-state index contributed by atoms with van der Waals surface area (Å²) in [6.07, 6.45) is 6.42. The Balaban J connectivity index is 2.04. The average molecular weight is 393 g/mol. The topological polar surface area (TPSA) is 35.5 Å². The highest BCUT2D eigenvalue weighted by Crippen LogP contribution is 2.59. The summed E-state index contributed by atoms with van der Waals surface area (Å²) in [6, 6.07) is 0. The van der Waals surface area contributed by atoms with E-state index in [1.807, 2.05) is 0 Å². The molecule has 0 bridgehead atoms. The molecule has 0 aromatic rings. The Bertz CT molecular complexity index is 430. The smallest absolute Gasteiger partial charge is 0.293 e. The van der Waals surface area contributed by atoms with Crippen LogP contribution in [0.4, 0.5) is 0 Å². The third-order valence-electron chi connectivity index (χ3n) is 6.45. The van der Waals surface area contributed by atoms with Crippen molar-refractivity contribution in [2.24, 2.45) is 35.5 Å². The Morgan fingerprint density at radius 1 is 0.800 bits per heavy atom. The van der Waals surface area contributed by atoms with E-state index in [1.165, 1.54) is 12.8 Å². The van der Waals surface area contributed by atoms with Crippen molar-refractivity contribution < 1.29 is 13.6 Å². The lowest BCUT2D eigenvalue weighted by Gasteiger charge is -2.40. The van der Waals surface area contributed by atoms with E-state index in [9.17, 15) is 4.57 Å². The van der Waals surface area contributed by atoms with Crippen LogP contribution in [0, 0.1) is 35.5 Å². The van der Waals surface area contributed by atoms with Gasteiger partial charge in [-0.05, 0) is 61.2 Å². The molecule has 2 fully saturated rings. The van der Waals surface area contributed by atoms with E-state index in [-0.39, 0.29) is 12.2 Å². The fraction of sp³-hybridized carbons (Fsp3) is 1.00. The molecule has 0 radical (unpaired) electrons. The molecule has 0 aliphatic heterocycles. The molecule has 2 aliphatic rings.